The van der Waals surface area contributed by atoms with Crippen molar-refractivity contribution in [3.05, 3.63) is 47.0 Å². The van der Waals surface area contributed by atoms with Crippen LogP contribution in [-0.4, -0.2) is 27.2 Å². The number of carbonyl (C=O) groups is 1. The van der Waals surface area contributed by atoms with Crippen molar-refractivity contribution >= 4 is 23.2 Å². The summed E-state index contributed by atoms with van der Waals surface area (Å²) in [5.74, 6) is 5.37. The minimum absolute atomic E-state index is 0.0177. The molecule has 0 bridgehead atoms. The topological polar surface area (TPSA) is 67.2 Å². The zero-order valence-electron chi connectivity index (χ0n) is 11.4. The molecule has 108 valence electrons. The quantitative estimate of drug-likeness (QED) is 0.853. The van der Waals surface area contributed by atoms with E-state index < -0.39 is 0 Å². The SMILES string of the molecule is Cn1cnc(C(=O)Nc2cc(C#CCCO)ccc2Cl)c1. The molecule has 1 aromatic carbocycles. The number of rotatable bonds is 3. The summed E-state index contributed by atoms with van der Waals surface area (Å²) in [5.41, 5.74) is 1.50. The Hall–Kier alpha value is -2.29. The number of nitrogens with one attached hydrogen (secondary N) is 1. The largest absolute Gasteiger partial charge is 0.395 e. The number of imidazole rings is 1. The zero-order valence-corrected chi connectivity index (χ0v) is 12.2. The maximum atomic E-state index is 12.0. The standard InChI is InChI=1S/C15H14ClN3O2/c1-19-9-14(17-10-19)15(21)18-13-8-11(4-2-3-7-20)5-6-12(13)16/h5-6,8-10,20H,3,7H2,1H3,(H,18,21). The van der Waals surface area contributed by atoms with Gasteiger partial charge in [0.15, 0.2) is 0 Å². The molecule has 1 heterocycles. The molecule has 0 saturated carbocycles. The summed E-state index contributed by atoms with van der Waals surface area (Å²) in [7, 11) is 1.79. The molecule has 0 saturated heterocycles. The van der Waals surface area contributed by atoms with Gasteiger partial charge in [0.25, 0.3) is 5.91 Å². The number of nitrogens with zero attached hydrogens (tertiary/aromatic N) is 2. The van der Waals surface area contributed by atoms with Gasteiger partial charge in [0, 0.05) is 25.2 Å². The first kappa shape index (κ1) is 15.1. The summed E-state index contributed by atoms with van der Waals surface area (Å²) in [5, 5.41) is 11.8. The summed E-state index contributed by atoms with van der Waals surface area (Å²) in [4.78, 5) is 16.0. The van der Waals surface area contributed by atoms with E-state index in [1.807, 2.05) is 0 Å². The second-order valence-electron chi connectivity index (χ2n) is 4.35. The minimum atomic E-state index is -0.335. The van der Waals surface area contributed by atoms with Crippen molar-refractivity contribution in [1.29, 1.82) is 0 Å². The van der Waals surface area contributed by atoms with Gasteiger partial charge in [-0.15, -0.1) is 0 Å². The molecule has 2 aromatic rings. The van der Waals surface area contributed by atoms with Gasteiger partial charge < -0.3 is 15.0 Å². The van der Waals surface area contributed by atoms with Gasteiger partial charge in [0.1, 0.15) is 5.69 Å². The van der Waals surface area contributed by atoms with Crippen LogP contribution in [0.5, 0.6) is 0 Å². The van der Waals surface area contributed by atoms with Crippen molar-refractivity contribution in [2.75, 3.05) is 11.9 Å². The monoisotopic (exact) mass is 303 g/mol. The average Bonchev–Trinajstić information content (AvgIpc) is 2.89. The van der Waals surface area contributed by atoms with Crippen LogP contribution in [-0.2, 0) is 7.05 Å². The smallest absolute Gasteiger partial charge is 0.275 e. The van der Waals surface area contributed by atoms with E-state index in [-0.39, 0.29) is 12.5 Å². The van der Waals surface area contributed by atoms with Crippen LogP contribution in [0.2, 0.25) is 5.02 Å². The van der Waals surface area contributed by atoms with Crippen LogP contribution in [0.3, 0.4) is 0 Å². The zero-order chi connectivity index (χ0) is 15.2. The van der Waals surface area contributed by atoms with E-state index in [0.717, 1.165) is 0 Å². The molecule has 0 fully saturated rings. The third kappa shape index (κ3) is 4.09. The van der Waals surface area contributed by atoms with Crippen LogP contribution in [0.15, 0.2) is 30.7 Å². The maximum Gasteiger partial charge on any atom is 0.275 e. The summed E-state index contributed by atoms with van der Waals surface area (Å²) < 4.78 is 1.69. The number of aryl methyl sites for hydroxylation is 1. The number of hydrogen-bond acceptors (Lipinski definition) is 3. The maximum absolute atomic E-state index is 12.0. The van der Waals surface area contributed by atoms with Crippen molar-refractivity contribution in [2.24, 2.45) is 7.05 Å². The van der Waals surface area contributed by atoms with E-state index in [1.54, 1.807) is 42.3 Å². The number of anilines is 1. The highest BCUT2D eigenvalue weighted by atomic mass is 35.5. The molecule has 1 aromatic heterocycles. The van der Waals surface area contributed by atoms with Crippen molar-refractivity contribution in [3.8, 4) is 11.8 Å². The second-order valence-corrected chi connectivity index (χ2v) is 4.76. The lowest BCUT2D eigenvalue weighted by molar-refractivity contribution is 0.102. The molecule has 0 radical (unpaired) electrons. The Morgan fingerprint density at radius 3 is 3.00 bits per heavy atom. The van der Waals surface area contributed by atoms with Gasteiger partial charge in [-0.3, -0.25) is 4.79 Å². The Morgan fingerprint density at radius 1 is 1.52 bits per heavy atom. The van der Waals surface area contributed by atoms with Gasteiger partial charge in [-0.25, -0.2) is 4.98 Å². The third-order valence-corrected chi connectivity index (χ3v) is 2.95. The molecular weight excluding hydrogens is 290 g/mol. The van der Waals surface area contributed by atoms with E-state index in [2.05, 4.69) is 22.1 Å². The first-order chi connectivity index (χ1) is 10.1. The predicted octanol–water partition coefficient (Wildman–Crippen LogP) is 2.06. The fraction of sp³-hybridized carbons (Fsp3) is 0.200. The fourth-order valence-corrected chi connectivity index (χ4v) is 1.80. The molecule has 0 atom stereocenters. The molecule has 0 aliphatic carbocycles. The summed E-state index contributed by atoms with van der Waals surface area (Å²) >= 11 is 6.07. The lowest BCUT2D eigenvalue weighted by Gasteiger charge is -2.06. The molecule has 21 heavy (non-hydrogen) atoms. The van der Waals surface area contributed by atoms with Gasteiger partial charge in [-0.05, 0) is 18.2 Å². The second kappa shape index (κ2) is 6.93. The van der Waals surface area contributed by atoms with Crippen LogP contribution in [0.1, 0.15) is 22.5 Å². The number of carbonyl (C=O) groups excluding carboxylic acids is 1. The predicted molar refractivity (Wildman–Crippen MR) is 81.2 cm³/mol. The van der Waals surface area contributed by atoms with Crippen molar-refractivity contribution < 1.29 is 9.90 Å². The molecule has 5 nitrogen and oxygen atoms in total. The normalized spacial score (nSPS) is 9.86. The van der Waals surface area contributed by atoms with Crippen LogP contribution >= 0.6 is 11.6 Å². The highest BCUT2D eigenvalue weighted by molar-refractivity contribution is 6.34. The third-order valence-electron chi connectivity index (χ3n) is 2.62. The molecule has 2 rings (SSSR count). The molecule has 0 unspecified atom stereocenters. The summed E-state index contributed by atoms with van der Waals surface area (Å²) in [6.45, 7) is 0.0177. The number of halogens is 1. The Balaban J connectivity index is 2.17. The average molecular weight is 304 g/mol. The lowest BCUT2D eigenvalue weighted by atomic mass is 10.2. The minimum Gasteiger partial charge on any atom is -0.395 e. The van der Waals surface area contributed by atoms with Crippen LogP contribution in [0.25, 0.3) is 0 Å². The molecule has 0 spiro atoms. The van der Waals surface area contributed by atoms with E-state index in [0.29, 0.717) is 28.4 Å². The van der Waals surface area contributed by atoms with Crippen LogP contribution < -0.4 is 5.32 Å². The number of aromatic nitrogens is 2. The van der Waals surface area contributed by atoms with Gasteiger partial charge in [0.05, 0.1) is 23.6 Å². The Kier molecular flexibility index (Phi) is 4.99. The van der Waals surface area contributed by atoms with E-state index in [1.165, 1.54) is 0 Å². The Bertz CT molecular complexity index is 713. The number of hydrogen-bond donors (Lipinski definition) is 2. The Labute approximate surface area is 127 Å². The highest BCUT2D eigenvalue weighted by Crippen LogP contribution is 2.23. The number of aliphatic hydroxyl groups excluding tert-OH is 1. The first-order valence-corrected chi connectivity index (χ1v) is 6.66. The number of benzene rings is 1. The molecule has 6 heteroatoms. The molecule has 2 N–H and O–H groups in total. The van der Waals surface area contributed by atoms with Gasteiger partial charge in [-0.2, -0.15) is 0 Å². The summed E-state index contributed by atoms with van der Waals surface area (Å²) in [6.07, 6.45) is 3.57. The highest BCUT2D eigenvalue weighted by Gasteiger charge is 2.11. The van der Waals surface area contributed by atoms with E-state index >= 15 is 0 Å². The number of amides is 1. The van der Waals surface area contributed by atoms with Crippen molar-refractivity contribution in [2.45, 2.75) is 6.42 Å². The van der Waals surface area contributed by atoms with Crippen molar-refractivity contribution in [1.82, 2.24) is 9.55 Å². The fourth-order valence-electron chi connectivity index (χ4n) is 1.64. The Morgan fingerprint density at radius 2 is 2.33 bits per heavy atom. The van der Waals surface area contributed by atoms with Gasteiger partial charge in [-0.1, -0.05) is 23.4 Å². The van der Waals surface area contributed by atoms with E-state index in [9.17, 15) is 4.79 Å². The van der Waals surface area contributed by atoms with Crippen LogP contribution in [0.4, 0.5) is 5.69 Å². The van der Waals surface area contributed by atoms with Gasteiger partial charge in [0.2, 0.25) is 0 Å². The van der Waals surface area contributed by atoms with Crippen molar-refractivity contribution in [3.63, 3.8) is 0 Å². The van der Waals surface area contributed by atoms with E-state index in [4.69, 9.17) is 16.7 Å². The lowest BCUT2D eigenvalue weighted by Crippen LogP contribution is -2.12. The van der Waals surface area contributed by atoms with Gasteiger partial charge >= 0.3 is 0 Å². The molecule has 0 aliphatic rings. The molecule has 0 aliphatic heterocycles. The molecular formula is C15H14ClN3O2. The molecule has 1 amide bonds. The summed E-state index contributed by atoms with van der Waals surface area (Å²) in [6, 6.07) is 5.11. The number of aliphatic hydroxyl groups is 1. The van der Waals surface area contributed by atoms with Crippen LogP contribution in [0, 0.1) is 11.8 Å². The first-order valence-electron chi connectivity index (χ1n) is 6.29.